The van der Waals surface area contributed by atoms with Gasteiger partial charge in [0.2, 0.25) is 0 Å². The summed E-state index contributed by atoms with van der Waals surface area (Å²) in [5.41, 5.74) is 0. The molecule has 1 amide bonds. The van der Waals surface area contributed by atoms with E-state index >= 15 is 0 Å². The van der Waals surface area contributed by atoms with E-state index in [1.54, 1.807) is 0 Å². The van der Waals surface area contributed by atoms with Crippen molar-refractivity contribution in [2.75, 3.05) is 20.4 Å². The van der Waals surface area contributed by atoms with Crippen molar-refractivity contribution in [3.8, 4) is 0 Å². The van der Waals surface area contributed by atoms with Gasteiger partial charge in [0.25, 0.3) is 0 Å². The van der Waals surface area contributed by atoms with Gasteiger partial charge in [0, 0.05) is 7.05 Å². The molecular formula is C6H11NO3. The maximum absolute atomic E-state index is 10.6. The van der Waals surface area contributed by atoms with Crippen molar-refractivity contribution in [3.05, 3.63) is 12.7 Å². The number of nitrogens with zero attached hydrogens (tertiary/aromatic N) is 1. The number of carbonyl (C=O) groups is 1. The molecule has 4 nitrogen and oxygen atoms in total. The first-order valence-electron chi connectivity index (χ1n) is 2.82. The number of aliphatic hydroxyl groups is 1. The highest BCUT2D eigenvalue weighted by Crippen LogP contribution is 1.87. The van der Waals surface area contributed by atoms with Crippen molar-refractivity contribution in [2.45, 2.75) is 0 Å². The maximum atomic E-state index is 10.6. The Morgan fingerprint density at radius 1 is 1.90 bits per heavy atom. The van der Waals surface area contributed by atoms with Crippen molar-refractivity contribution in [2.24, 2.45) is 0 Å². The summed E-state index contributed by atoms with van der Waals surface area (Å²) in [4.78, 5) is 11.7. The fraction of sp³-hybridized carbons (Fsp3) is 0.500. The molecule has 1 N–H and O–H groups in total. The molecule has 0 aromatic heterocycles. The number of amides is 1. The Balaban J connectivity index is 3.51. The van der Waals surface area contributed by atoms with Crippen molar-refractivity contribution < 1.29 is 14.6 Å². The Hall–Kier alpha value is -1.03. The summed E-state index contributed by atoms with van der Waals surface area (Å²) in [6.07, 6.45) is 0.908. The van der Waals surface area contributed by atoms with Gasteiger partial charge >= 0.3 is 6.09 Å². The van der Waals surface area contributed by atoms with E-state index in [4.69, 9.17) is 5.11 Å². The monoisotopic (exact) mass is 145 g/mol. The second kappa shape index (κ2) is 4.81. The summed E-state index contributed by atoms with van der Waals surface area (Å²) >= 11 is 0. The van der Waals surface area contributed by atoms with Crippen LogP contribution in [0.15, 0.2) is 12.7 Å². The Kier molecular flexibility index (Phi) is 4.32. The first kappa shape index (κ1) is 8.97. The average molecular weight is 145 g/mol. The maximum Gasteiger partial charge on any atom is 0.411 e. The van der Waals surface area contributed by atoms with Gasteiger partial charge < -0.3 is 9.84 Å². The molecule has 0 aliphatic heterocycles. The summed E-state index contributed by atoms with van der Waals surface area (Å²) in [6, 6.07) is 0. The molecule has 0 rings (SSSR count). The molecule has 0 atom stereocenters. The number of aliphatic hydroxyl groups excluding tert-OH is 1. The minimum Gasteiger partial charge on any atom is -0.445 e. The SMILES string of the molecule is C=CCOC(=O)N(C)CO. The van der Waals surface area contributed by atoms with Gasteiger partial charge in [-0.25, -0.2) is 4.79 Å². The highest BCUT2D eigenvalue weighted by molar-refractivity contribution is 5.66. The van der Waals surface area contributed by atoms with E-state index in [2.05, 4.69) is 11.3 Å². The lowest BCUT2D eigenvalue weighted by Gasteiger charge is -2.11. The van der Waals surface area contributed by atoms with Crippen LogP contribution in [0.3, 0.4) is 0 Å². The Morgan fingerprint density at radius 2 is 2.50 bits per heavy atom. The molecule has 0 fully saturated rings. The number of hydrogen-bond donors (Lipinski definition) is 1. The third-order valence-electron chi connectivity index (χ3n) is 0.848. The number of ether oxygens (including phenoxy) is 1. The quantitative estimate of drug-likeness (QED) is 0.455. The van der Waals surface area contributed by atoms with Crippen LogP contribution in [-0.4, -0.2) is 36.5 Å². The summed E-state index contributed by atoms with van der Waals surface area (Å²) in [5, 5.41) is 8.40. The van der Waals surface area contributed by atoms with E-state index in [1.165, 1.54) is 13.1 Å². The lowest BCUT2D eigenvalue weighted by Crippen LogP contribution is -2.28. The molecule has 0 spiro atoms. The van der Waals surface area contributed by atoms with Crippen LogP contribution in [0.1, 0.15) is 0 Å². The molecule has 0 aromatic carbocycles. The largest absolute Gasteiger partial charge is 0.445 e. The van der Waals surface area contributed by atoms with Crippen molar-refractivity contribution >= 4 is 6.09 Å². The minimum absolute atomic E-state index is 0.170. The smallest absolute Gasteiger partial charge is 0.411 e. The van der Waals surface area contributed by atoms with Crippen molar-refractivity contribution in [1.82, 2.24) is 4.90 Å². The van der Waals surface area contributed by atoms with Gasteiger partial charge in [0.1, 0.15) is 13.3 Å². The fourth-order valence-electron chi connectivity index (χ4n) is 0.298. The predicted octanol–water partition coefficient (Wildman–Crippen LogP) is 0.191. The van der Waals surface area contributed by atoms with E-state index in [1.807, 2.05) is 0 Å². The zero-order chi connectivity index (χ0) is 7.98. The van der Waals surface area contributed by atoms with E-state index in [-0.39, 0.29) is 13.3 Å². The second-order valence-corrected chi connectivity index (χ2v) is 1.70. The van der Waals surface area contributed by atoms with Gasteiger partial charge in [-0.05, 0) is 0 Å². The second-order valence-electron chi connectivity index (χ2n) is 1.70. The van der Waals surface area contributed by atoms with Crippen LogP contribution in [0.4, 0.5) is 4.79 Å². The topological polar surface area (TPSA) is 49.8 Å². The molecule has 0 bridgehead atoms. The summed E-state index contributed by atoms with van der Waals surface area (Å²) in [5.74, 6) is 0. The number of carbonyl (C=O) groups excluding carboxylic acids is 1. The van der Waals surface area contributed by atoms with Crippen LogP contribution in [-0.2, 0) is 4.74 Å². The van der Waals surface area contributed by atoms with Gasteiger partial charge in [-0.2, -0.15) is 0 Å². The van der Waals surface area contributed by atoms with E-state index in [9.17, 15) is 4.79 Å². The number of rotatable bonds is 3. The Bertz CT molecular complexity index is 124. The predicted molar refractivity (Wildman–Crippen MR) is 36.4 cm³/mol. The molecule has 0 aliphatic rings. The first-order chi connectivity index (χ1) is 4.72. The van der Waals surface area contributed by atoms with Gasteiger partial charge in [0.05, 0.1) is 0 Å². The molecule has 58 valence electrons. The van der Waals surface area contributed by atoms with Crippen molar-refractivity contribution in [1.29, 1.82) is 0 Å². The van der Waals surface area contributed by atoms with Crippen LogP contribution in [0.5, 0.6) is 0 Å². The van der Waals surface area contributed by atoms with Gasteiger partial charge in [-0.15, -0.1) is 0 Å². The first-order valence-corrected chi connectivity index (χ1v) is 2.82. The molecule has 0 unspecified atom stereocenters. The van der Waals surface area contributed by atoms with Gasteiger partial charge in [-0.1, -0.05) is 12.7 Å². The summed E-state index contributed by atoms with van der Waals surface area (Å²) in [6.45, 7) is 3.19. The van der Waals surface area contributed by atoms with Crippen molar-refractivity contribution in [3.63, 3.8) is 0 Å². The zero-order valence-corrected chi connectivity index (χ0v) is 5.91. The van der Waals surface area contributed by atoms with Crippen LogP contribution in [0.25, 0.3) is 0 Å². The fourth-order valence-corrected chi connectivity index (χ4v) is 0.298. The highest BCUT2D eigenvalue weighted by atomic mass is 16.6. The molecule has 0 aromatic rings. The van der Waals surface area contributed by atoms with Crippen LogP contribution >= 0.6 is 0 Å². The molecule has 0 aliphatic carbocycles. The molecule has 4 heteroatoms. The Morgan fingerprint density at radius 3 is 2.90 bits per heavy atom. The van der Waals surface area contributed by atoms with Crippen LogP contribution in [0.2, 0.25) is 0 Å². The van der Waals surface area contributed by atoms with E-state index in [0.29, 0.717) is 0 Å². The minimum atomic E-state index is -0.553. The number of hydrogen-bond acceptors (Lipinski definition) is 3. The van der Waals surface area contributed by atoms with Gasteiger partial charge in [0.15, 0.2) is 0 Å². The van der Waals surface area contributed by atoms with E-state index < -0.39 is 6.09 Å². The third kappa shape index (κ3) is 3.09. The lowest BCUT2D eigenvalue weighted by atomic mass is 10.7. The molecular weight excluding hydrogens is 134 g/mol. The van der Waals surface area contributed by atoms with Crippen LogP contribution in [0, 0.1) is 0 Å². The van der Waals surface area contributed by atoms with Gasteiger partial charge in [-0.3, -0.25) is 4.90 Å². The average Bonchev–Trinajstić information content (AvgIpc) is 1.98. The normalized spacial score (nSPS) is 8.60. The van der Waals surface area contributed by atoms with Crippen LogP contribution < -0.4 is 0 Å². The molecule has 0 saturated heterocycles. The Labute approximate surface area is 59.7 Å². The zero-order valence-electron chi connectivity index (χ0n) is 5.91. The lowest BCUT2D eigenvalue weighted by molar-refractivity contribution is 0.0820. The summed E-state index contributed by atoms with van der Waals surface area (Å²) in [7, 11) is 1.44. The molecule has 10 heavy (non-hydrogen) atoms. The standard InChI is InChI=1S/C6H11NO3/c1-3-4-10-6(9)7(2)5-8/h3,8H,1,4-5H2,2H3. The molecule has 0 radical (unpaired) electrons. The van der Waals surface area contributed by atoms with E-state index in [0.717, 1.165) is 4.90 Å². The third-order valence-corrected chi connectivity index (χ3v) is 0.848. The molecule has 0 saturated carbocycles. The molecule has 0 heterocycles. The summed E-state index contributed by atoms with van der Waals surface area (Å²) < 4.78 is 4.55. The highest BCUT2D eigenvalue weighted by Gasteiger charge is 2.05.